The fourth-order valence-corrected chi connectivity index (χ4v) is 5.20. The summed E-state index contributed by atoms with van der Waals surface area (Å²) < 4.78 is 34.2. The van der Waals surface area contributed by atoms with Gasteiger partial charge in [0.2, 0.25) is 0 Å². The maximum atomic E-state index is 12.2. The summed E-state index contributed by atoms with van der Waals surface area (Å²) in [6.07, 6.45) is 1.16. The first kappa shape index (κ1) is 28.0. The van der Waals surface area contributed by atoms with Crippen LogP contribution in [0.2, 0.25) is 0 Å². The lowest BCUT2D eigenvalue weighted by Gasteiger charge is -2.15. The van der Waals surface area contributed by atoms with Gasteiger partial charge in [-0.05, 0) is 65.9 Å². The van der Waals surface area contributed by atoms with Gasteiger partial charge >= 0.3 is 12.0 Å². The molecule has 0 radical (unpaired) electrons. The molecule has 0 fully saturated rings. The first-order chi connectivity index (χ1) is 18.5. The Bertz CT molecular complexity index is 1480. The number of carbonyl (C=O) groups is 2. The molecule has 1 aliphatic rings. The molecule has 3 aromatic rings. The quantitative estimate of drug-likeness (QED) is 0.333. The molecule has 0 saturated carbocycles. The van der Waals surface area contributed by atoms with Gasteiger partial charge in [-0.2, -0.15) is 0 Å². The zero-order chi connectivity index (χ0) is 28.2. The number of fused-ring (bicyclic) bond motifs is 1. The lowest BCUT2D eigenvalue weighted by atomic mass is 9.94. The second-order valence-corrected chi connectivity index (χ2v) is 12.1. The molecule has 0 aromatic heterocycles. The number of carboxylic acid groups (broad SMARTS) is 1. The zero-order valence-corrected chi connectivity index (χ0v) is 22.9. The Morgan fingerprint density at radius 2 is 1.82 bits per heavy atom. The molecule has 0 saturated heterocycles. The normalized spacial score (nSPS) is 14.3. The first-order valence-corrected chi connectivity index (χ1v) is 14.6. The summed E-state index contributed by atoms with van der Waals surface area (Å²) in [6, 6.07) is 16.8. The Hall–Kier alpha value is -4.05. The van der Waals surface area contributed by atoms with E-state index >= 15 is 0 Å². The van der Waals surface area contributed by atoms with Crippen LogP contribution in [0.25, 0.3) is 11.1 Å². The predicted molar refractivity (Wildman–Crippen MR) is 149 cm³/mol. The van der Waals surface area contributed by atoms with Crippen molar-refractivity contribution >= 4 is 27.5 Å². The molecular formula is C29H32N2O7S. The zero-order valence-electron chi connectivity index (χ0n) is 22.1. The van der Waals surface area contributed by atoms with Gasteiger partial charge in [0.25, 0.3) is 0 Å². The van der Waals surface area contributed by atoms with Crippen LogP contribution in [0.3, 0.4) is 0 Å². The van der Waals surface area contributed by atoms with Crippen LogP contribution in [0.1, 0.15) is 34.6 Å². The maximum Gasteiger partial charge on any atom is 0.319 e. The van der Waals surface area contributed by atoms with Crippen molar-refractivity contribution in [3.8, 4) is 22.6 Å². The van der Waals surface area contributed by atoms with Crippen LogP contribution in [0.15, 0.2) is 54.6 Å². The Labute approximate surface area is 228 Å². The van der Waals surface area contributed by atoms with Crippen molar-refractivity contribution in [1.29, 1.82) is 0 Å². The van der Waals surface area contributed by atoms with Crippen molar-refractivity contribution < 1.29 is 32.6 Å². The average Bonchev–Trinajstić information content (AvgIpc) is 3.23. The van der Waals surface area contributed by atoms with Crippen molar-refractivity contribution in [3.05, 3.63) is 76.9 Å². The van der Waals surface area contributed by atoms with E-state index in [-0.39, 0.29) is 24.6 Å². The van der Waals surface area contributed by atoms with E-state index in [0.29, 0.717) is 30.4 Å². The summed E-state index contributed by atoms with van der Waals surface area (Å²) in [5.41, 5.74) is 6.51. The van der Waals surface area contributed by atoms with Crippen molar-refractivity contribution in [2.75, 3.05) is 30.5 Å². The van der Waals surface area contributed by atoms with Gasteiger partial charge in [0.15, 0.2) is 0 Å². The molecule has 2 amide bonds. The molecular weight excluding hydrogens is 520 g/mol. The molecule has 206 valence electrons. The van der Waals surface area contributed by atoms with Crippen LogP contribution in [-0.4, -0.2) is 50.7 Å². The van der Waals surface area contributed by atoms with Gasteiger partial charge in [-0.25, -0.2) is 13.2 Å². The number of hydrogen-bond acceptors (Lipinski definition) is 6. The highest BCUT2D eigenvalue weighted by atomic mass is 32.2. The molecule has 0 spiro atoms. The highest BCUT2D eigenvalue weighted by molar-refractivity contribution is 7.90. The van der Waals surface area contributed by atoms with Crippen LogP contribution in [-0.2, 0) is 21.2 Å². The van der Waals surface area contributed by atoms with Crippen LogP contribution in [0.5, 0.6) is 11.5 Å². The summed E-state index contributed by atoms with van der Waals surface area (Å²) >= 11 is 0. The Morgan fingerprint density at radius 1 is 1.08 bits per heavy atom. The van der Waals surface area contributed by atoms with E-state index in [2.05, 4.69) is 16.7 Å². The molecule has 1 aliphatic heterocycles. The molecule has 0 aliphatic carbocycles. The van der Waals surface area contributed by atoms with Gasteiger partial charge in [0.05, 0.1) is 18.8 Å². The SMILES string of the molecule is Cc1cc(NC(=O)NCCS(C)(=O)=O)cc(C)c1-c1cccc(COc2ccc3c(c2)OCC3CC(=O)O)c1. The summed E-state index contributed by atoms with van der Waals surface area (Å²) in [6.45, 7) is 4.69. The maximum absolute atomic E-state index is 12.2. The molecule has 9 nitrogen and oxygen atoms in total. The minimum atomic E-state index is -3.15. The van der Waals surface area contributed by atoms with Gasteiger partial charge in [-0.1, -0.05) is 24.3 Å². The summed E-state index contributed by atoms with van der Waals surface area (Å²) in [4.78, 5) is 23.2. The fourth-order valence-electron chi connectivity index (χ4n) is 4.73. The van der Waals surface area contributed by atoms with Crippen molar-refractivity contribution in [3.63, 3.8) is 0 Å². The van der Waals surface area contributed by atoms with E-state index in [1.807, 2.05) is 56.3 Å². The van der Waals surface area contributed by atoms with Crippen molar-refractivity contribution in [2.45, 2.75) is 32.8 Å². The first-order valence-electron chi connectivity index (χ1n) is 12.5. The number of anilines is 1. The van der Waals surface area contributed by atoms with Gasteiger partial charge in [0.1, 0.15) is 27.9 Å². The molecule has 39 heavy (non-hydrogen) atoms. The molecule has 4 rings (SSSR count). The highest BCUT2D eigenvalue weighted by Gasteiger charge is 2.26. The summed E-state index contributed by atoms with van der Waals surface area (Å²) in [5, 5.41) is 14.4. The Morgan fingerprint density at radius 3 is 2.51 bits per heavy atom. The second-order valence-electron chi connectivity index (χ2n) is 9.79. The second kappa shape index (κ2) is 11.8. The largest absolute Gasteiger partial charge is 0.492 e. The monoisotopic (exact) mass is 552 g/mol. The minimum Gasteiger partial charge on any atom is -0.492 e. The van der Waals surface area contributed by atoms with Crippen molar-refractivity contribution in [1.82, 2.24) is 5.32 Å². The molecule has 3 aromatic carbocycles. The number of aliphatic carboxylic acids is 1. The van der Waals surface area contributed by atoms with Gasteiger partial charge < -0.3 is 25.2 Å². The average molecular weight is 553 g/mol. The number of ether oxygens (including phenoxy) is 2. The smallest absolute Gasteiger partial charge is 0.319 e. The summed E-state index contributed by atoms with van der Waals surface area (Å²) in [7, 11) is -3.15. The standard InChI is InChI=1S/C29H32N2O7S/c1-18-11-23(31-29(34)30-9-10-39(3,35)36)12-19(2)28(18)21-6-4-5-20(13-21)16-37-24-7-8-25-22(14-27(32)33)17-38-26(25)15-24/h4-8,11-13,15,22H,9-10,14,16-17H2,1-3H3,(H,32,33)(H2,30,31,34). The van der Waals surface area contributed by atoms with Crippen molar-refractivity contribution in [2.24, 2.45) is 0 Å². The van der Waals surface area contributed by atoms with Crippen LogP contribution >= 0.6 is 0 Å². The van der Waals surface area contributed by atoms with Gasteiger partial charge in [-0.3, -0.25) is 4.79 Å². The number of carbonyl (C=O) groups excluding carboxylic acids is 1. The third-order valence-electron chi connectivity index (χ3n) is 6.46. The Kier molecular flexibility index (Phi) is 8.44. The molecule has 3 N–H and O–H groups in total. The van der Waals surface area contributed by atoms with E-state index in [1.54, 1.807) is 6.07 Å². The number of sulfone groups is 1. The van der Waals surface area contributed by atoms with Gasteiger partial charge in [-0.15, -0.1) is 0 Å². The van der Waals surface area contributed by atoms with E-state index < -0.39 is 21.8 Å². The number of benzene rings is 3. The topological polar surface area (TPSA) is 131 Å². The molecule has 1 unspecified atom stereocenters. The number of nitrogens with one attached hydrogen (secondary N) is 2. The number of rotatable bonds is 10. The van der Waals surface area contributed by atoms with Crippen LogP contribution in [0.4, 0.5) is 10.5 Å². The molecule has 0 bridgehead atoms. The molecule has 1 atom stereocenters. The minimum absolute atomic E-state index is 0.0362. The lowest BCUT2D eigenvalue weighted by molar-refractivity contribution is -0.137. The summed E-state index contributed by atoms with van der Waals surface area (Å²) in [5.74, 6) is 0.195. The van der Waals surface area contributed by atoms with E-state index in [1.165, 1.54) is 0 Å². The predicted octanol–water partition coefficient (Wildman–Crippen LogP) is 4.67. The lowest BCUT2D eigenvalue weighted by Crippen LogP contribution is -2.32. The number of hydrogen-bond donors (Lipinski definition) is 3. The van der Waals surface area contributed by atoms with E-state index in [4.69, 9.17) is 14.6 Å². The molecule has 1 heterocycles. The van der Waals surface area contributed by atoms with Crippen LogP contribution < -0.4 is 20.1 Å². The number of aryl methyl sites for hydroxylation is 2. The fraction of sp³-hybridized carbons (Fsp3) is 0.310. The third-order valence-corrected chi connectivity index (χ3v) is 7.40. The number of carboxylic acids is 1. The van der Waals surface area contributed by atoms with E-state index in [0.717, 1.165) is 39.6 Å². The number of urea groups is 1. The van der Waals surface area contributed by atoms with Gasteiger partial charge in [0, 0.05) is 36.0 Å². The highest BCUT2D eigenvalue weighted by Crippen LogP contribution is 2.38. The van der Waals surface area contributed by atoms with E-state index in [9.17, 15) is 18.0 Å². The van der Waals surface area contributed by atoms with Crippen LogP contribution in [0, 0.1) is 13.8 Å². The third kappa shape index (κ3) is 7.51. The number of amides is 2. The molecule has 10 heteroatoms. The Balaban J connectivity index is 1.41.